The van der Waals surface area contributed by atoms with Crippen LogP contribution in [0.2, 0.25) is 0 Å². The molecule has 0 unspecified atom stereocenters. The molecule has 3 aliphatic heterocycles. The van der Waals surface area contributed by atoms with Crippen LogP contribution in [0.3, 0.4) is 0 Å². The van der Waals surface area contributed by atoms with Crippen molar-refractivity contribution < 1.29 is 23.9 Å². The molecule has 4 heterocycles. The van der Waals surface area contributed by atoms with Crippen LogP contribution in [0.4, 0.5) is 0 Å². The summed E-state index contributed by atoms with van der Waals surface area (Å²) in [6.07, 6.45) is 9.64. The standard InChI is InChI=1S/C40H56N6O5/c1-27(51-21-29-14-10-7-11-15-29)33(37(50)44-22-38(2,3)23-44)42-34(47)32-20-43(24-40(32)25-45(26-40)36(49)31-16-39(31,4)5)35(48)30-17-41-46(19-30)18-28-12-8-6-9-13-28/h6,8-9,12-13,17,19,27,29,31-33H,7,10-11,14-16,18,20-26H2,1-5H3,(H,42,47)/t27-,31-,32-,33+/m1/s1. The minimum Gasteiger partial charge on any atom is -0.376 e. The SMILES string of the molecule is C[C@@H](OCC1CCCCC1)[C@H](NC(=O)[C@H]1CN(C(=O)c2cnn(Cc3ccccc3)c2)CC12CN(C(=O)[C@H]1CC1(C)C)C2)C(=O)N1CC(C)(C)C1. The minimum atomic E-state index is -0.833. The van der Waals surface area contributed by atoms with Crippen LogP contribution in [0.25, 0.3) is 0 Å². The van der Waals surface area contributed by atoms with Crippen molar-refractivity contribution in [2.24, 2.45) is 34.0 Å². The molecule has 5 aliphatic rings. The Morgan fingerprint density at radius 1 is 0.902 bits per heavy atom. The van der Waals surface area contributed by atoms with E-state index in [4.69, 9.17) is 4.74 Å². The zero-order valence-electron chi connectivity index (χ0n) is 31.1. The summed E-state index contributed by atoms with van der Waals surface area (Å²) >= 11 is 0. The zero-order chi connectivity index (χ0) is 36.1. The third kappa shape index (κ3) is 7.46. The summed E-state index contributed by atoms with van der Waals surface area (Å²) in [5.41, 5.74) is 0.998. The first-order valence-corrected chi connectivity index (χ1v) is 19.1. The van der Waals surface area contributed by atoms with Gasteiger partial charge in [-0.2, -0.15) is 5.10 Å². The maximum atomic E-state index is 14.5. The van der Waals surface area contributed by atoms with Crippen LogP contribution in [0.5, 0.6) is 0 Å². The van der Waals surface area contributed by atoms with Crippen molar-refractivity contribution in [2.45, 2.75) is 91.8 Å². The normalized spacial score (nSPS) is 25.9. The number of hydrogen-bond donors (Lipinski definition) is 1. The van der Waals surface area contributed by atoms with Crippen molar-refractivity contribution in [1.29, 1.82) is 0 Å². The molecule has 1 N–H and O–H groups in total. The van der Waals surface area contributed by atoms with Gasteiger partial charge in [-0.05, 0) is 48.5 Å². The number of nitrogens with one attached hydrogen (secondary N) is 1. The van der Waals surface area contributed by atoms with Gasteiger partial charge in [0.05, 0.1) is 30.3 Å². The lowest BCUT2D eigenvalue weighted by Crippen LogP contribution is -2.66. The lowest BCUT2D eigenvalue weighted by atomic mass is 9.70. The smallest absolute Gasteiger partial charge is 0.257 e. The quantitative estimate of drug-likeness (QED) is 0.376. The van der Waals surface area contributed by atoms with Gasteiger partial charge in [-0.25, -0.2) is 0 Å². The van der Waals surface area contributed by atoms with Gasteiger partial charge in [0.15, 0.2) is 0 Å². The Balaban J connectivity index is 1.08. The summed E-state index contributed by atoms with van der Waals surface area (Å²) in [5.74, 6) is -0.527. The zero-order valence-corrected chi connectivity index (χ0v) is 31.1. The van der Waals surface area contributed by atoms with Gasteiger partial charge >= 0.3 is 0 Å². The van der Waals surface area contributed by atoms with Gasteiger partial charge in [0, 0.05) is 63.4 Å². The highest BCUT2D eigenvalue weighted by Gasteiger charge is 2.62. The largest absolute Gasteiger partial charge is 0.376 e. The van der Waals surface area contributed by atoms with Crippen molar-refractivity contribution in [3.05, 3.63) is 53.9 Å². The topological polar surface area (TPSA) is 117 Å². The van der Waals surface area contributed by atoms with Crippen LogP contribution in [0.1, 0.15) is 89.1 Å². The predicted octanol–water partition coefficient (Wildman–Crippen LogP) is 4.22. The third-order valence-corrected chi connectivity index (χ3v) is 12.4. The minimum absolute atomic E-state index is 0.000960. The molecule has 3 saturated heterocycles. The third-order valence-electron chi connectivity index (χ3n) is 12.4. The summed E-state index contributed by atoms with van der Waals surface area (Å²) in [6.45, 7) is 14.2. The Morgan fingerprint density at radius 3 is 2.22 bits per heavy atom. The van der Waals surface area contributed by atoms with E-state index in [1.165, 1.54) is 19.3 Å². The Labute approximate surface area is 302 Å². The Morgan fingerprint density at radius 2 is 1.57 bits per heavy atom. The molecule has 11 nitrogen and oxygen atoms in total. The van der Waals surface area contributed by atoms with E-state index in [1.54, 1.807) is 22.0 Å². The van der Waals surface area contributed by atoms with E-state index < -0.39 is 23.5 Å². The van der Waals surface area contributed by atoms with E-state index in [0.29, 0.717) is 57.4 Å². The van der Waals surface area contributed by atoms with Crippen molar-refractivity contribution in [1.82, 2.24) is 29.8 Å². The summed E-state index contributed by atoms with van der Waals surface area (Å²) in [5, 5.41) is 7.61. The molecule has 7 rings (SSSR count). The number of ether oxygens (including phenoxy) is 1. The molecular weight excluding hydrogens is 644 g/mol. The Kier molecular flexibility index (Phi) is 9.56. The van der Waals surface area contributed by atoms with Crippen molar-refractivity contribution in [3.63, 3.8) is 0 Å². The van der Waals surface area contributed by atoms with E-state index in [-0.39, 0.29) is 46.9 Å². The number of rotatable bonds is 11. The molecule has 4 amide bonds. The molecule has 2 aromatic rings. The number of carbonyl (C=O) groups is 4. The number of hydrogen-bond acceptors (Lipinski definition) is 6. The fourth-order valence-electron chi connectivity index (χ4n) is 9.01. The fourth-order valence-corrected chi connectivity index (χ4v) is 9.01. The van der Waals surface area contributed by atoms with Crippen molar-refractivity contribution in [2.75, 3.05) is 45.9 Å². The summed E-state index contributed by atoms with van der Waals surface area (Å²) in [6, 6.07) is 9.12. The molecule has 2 saturated carbocycles. The molecule has 0 bridgehead atoms. The van der Waals surface area contributed by atoms with Gasteiger partial charge < -0.3 is 24.8 Å². The summed E-state index contributed by atoms with van der Waals surface area (Å²) in [4.78, 5) is 61.3. The van der Waals surface area contributed by atoms with Gasteiger partial charge in [-0.15, -0.1) is 0 Å². The van der Waals surface area contributed by atoms with Crippen molar-refractivity contribution in [3.8, 4) is 0 Å². The number of carbonyl (C=O) groups excluding carboxylic acids is 4. The monoisotopic (exact) mass is 700 g/mol. The second kappa shape index (κ2) is 13.7. The second-order valence-corrected chi connectivity index (χ2v) is 17.8. The average molecular weight is 701 g/mol. The van der Waals surface area contributed by atoms with E-state index in [9.17, 15) is 19.2 Å². The first kappa shape index (κ1) is 35.7. The summed E-state index contributed by atoms with van der Waals surface area (Å²) in [7, 11) is 0. The predicted molar refractivity (Wildman–Crippen MR) is 192 cm³/mol. The van der Waals surface area contributed by atoms with Crippen LogP contribution in [-0.4, -0.2) is 106 Å². The van der Waals surface area contributed by atoms with Gasteiger partial charge in [0.2, 0.25) is 17.7 Å². The van der Waals surface area contributed by atoms with Gasteiger partial charge in [0.1, 0.15) is 6.04 Å². The molecule has 2 aliphatic carbocycles. The molecule has 5 fully saturated rings. The van der Waals surface area contributed by atoms with Crippen LogP contribution in [0, 0.1) is 34.0 Å². The van der Waals surface area contributed by atoms with Gasteiger partial charge in [-0.1, -0.05) is 77.3 Å². The first-order chi connectivity index (χ1) is 24.2. The van der Waals surface area contributed by atoms with Crippen LogP contribution in [-0.2, 0) is 25.7 Å². The van der Waals surface area contributed by atoms with E-state index in [1.807, 2.05) is 47.1 Å². The van der Waals surface area contributed by atoms with Crippen LogP contribution >= 0.6 is 0 Å². The molecule has 276 valence electrons. The fraction of sp³-hybridized carbons (Fsp3) is 0.675. The summed E-state index contributed by atoms with van der Waals surface area (Å²) < 4.78 is 8.12. The van der Waals surface area contributed by atoms with E-state index in [0.717, 1.165) is 24.8 Å². The number of likely N-dealkylation sites (tertiary alicyclic amines) is 3. The molecular formula is C40H56N6O5. The highest BCUT2D eigenvalue weighted by Crippen LogP contribution is 2.54. The molecule has 11 heteroatoms. The highest BCUT2D eigenvalue weighted by molar-refractivity contribution is 5.96. The average Bonchev–Trinajstić information content (AvgIpc) is 3.39. The number of benzene rings is 1. The molecule has 0 radical (unpaired) electrons. The highest BCUT2D eigenvalue weighted by atomic mass is 16.5. The van der Waals surface area contributed by atoms with Gasteiger partial charge in [0.25, 0.3) is 5.91 Å². The molecule has 51 heavy (non-hydrogen) atoms. The molecule has 4 atom stereocenters. The van der Waals surface area contributed by atoms with E-state index >= 15 is 0 Å². The van der Waals surface area contributed by atoms with Crippen LogP contribution < -0.4 is 5.32 Å². The first-order valence-electron chi connectivity index (χ1n) is 19.1. The van der Waals surface area contributed by atoms with E-state index in [2.05, 4.69) is 38.1 Å². The lowest BCUT2D eigenvalue weighted by Gasteiger charge is -2.51. The lowest BCUT2D eigenvalue weighted by molar-refractivity contribution is -0.155. The molecule has 1 spiro atoms. The molecule has 1 aromatic carbocycles. The van der Waals surface area contributed by atoms with Crippen LogP contribution in [0.15, 0.2) is 42.7 Å². The number of amides is 4. The maximum Gasteiger partial charge on any atom is 0.257 e. The van der Waals surface area contributed by atoms with Gasteiger partial charge in [-0.3, -0.25) is 23.9 Å². The number of nitrogens with zero attached hydrogens (tertiary/aromatic N) is 5. The molecule has 1 aromatic heterocycles. The maximum absolute atomic E-state index is 14.5. The Bertz CT molecular complexity index is 1620. The van der Waals surface area contributed by atoms with Crippen molar-refractivity contribution >= 4 is 23.6 Å². The second-order valence-electron chi connectivity index (χ2n) is 17.8. The number of aromatic nitrogens is 2. The Hall–Kier alpha value is -3.73.